The lowest BCUT2D eigenvalue weighted by Gasteiger charge is -2.11. The highest BCUT2D eigenvalue weighted by molar-refractivity contribution is 7.14. The summed E-state index contributed by atoms with van der Waals surface area (Å²) in [4.78, 5) is 16.3. The Bertz CT molecular complexity index is 665. The van der Waals surface area contributed by atoms with Gasteiger partial charge >= 0.3 is 6.03 Å². The van der Waals surface area contributed by atoms with Crippen molar-refractivity contribution in [2.24, 2.45) is 0 Å². The van der Waals surface area contributed by atoms with Gasteiger partial charge in [-0.15, -0.1) is 11.3 Å². The van der Waals surface area contributed by atoms with Crippen LogP contribution in [0, 0.1) is 0 Å². The van der Waals surface area contributed by atoms with E-state index in [-0.39, 0.29) is 11.9 Å². The van der Waals surface area contributed by atoms with Crippen LogP contribution in [0.4, 0.5) is 9.80 Å². The Morgan fingerprint density at radius 3 is 3.18 bits per heavy atom. The molecule has 2 amide bonds. The van der Waals surface area contributed by atoms with Gasteiger partial charge < -0.3 is 14.6 Å². The molecule has 7 nitrogen and oxygen atoms in total. The minimum atomic E-state index is -0.278. The largest absolute Gasteiger partial charge is 0.376 e. The molecule has 0 aliphatic carbocycles. The molecule has 0 radical (unpaired) electrons. The molecular formula is C14H18N4O3S. The second kappa shape index (κ2) is 6.45. The Hall–Kier alpha value is -1.93. The molecule has 0 aromatic carbocycles. The van der Waals surface area contributed by atoms with E-state index in [2.05, 4.69) is 20.8 Å². The predicted octanol–water partition coefficient (Wildman–Crippen LogP) is 2.65. The molecule has 0 saturated carbocycles. The molecule has 3 rings (SSSR count). The molecule has 118 valence electrons. The van der Waals surface area contributed by atoms with Crippen LogP contribution < -0.4 is 10.6 Å². The summed E-state index contributed by atoms with van der Waals surface area (Å²) in [6.45, 7) is 5.53. The van der Waals surface area contributed by atoms with E-state index in [1.54, 1.807) is 5.51 Å². The Labute approximate surface area is 132 Å². The van der Waals surface area contributed by atoms with Gasteiger partial charge in [0.05, 0.1) is 31.0 Å². The van der Waals surface area contributed by atoms with Crippen molar-refractivity contribution in [2.75, 3.05) is 11.9 Å². The lowest BCUT2D eigenvalue weighted by Crippen LogP contribution is -2.29. The highest BCUT2D eigenvalue weighted by atomic mass is 32.1. The lowest BCUT2D eigenvalue weighted by molar-refractivity contribution is 0.102. The average Bonchev–Trinajstić information content (AvgIpc) is 3.12. The lowest BCUT2D eigenvalue weighted by atomic mass is 10.1. The van der Waals surface area contributed by atoms with Crippen molar-refractivity contribution < 1.29 is 14.1 Å². The average molecular weight is 322 g/mol. The SMILES string of the molecule is CC(C)c1ncsc1NC(=O)NCc1noc2c1COCC2. The Kier molecular flexibility index (Phi) is 4.39. The van der Waals surface area contributed by atoms with Crippen LogP contribution in [0.2, 0.25) is 0 Å². The van der Waals surface area contributed by atoms with Crippen molar-refractivity contribution in [1.82, 2.24) is 15.5 Å². The third-order valence-electron chi connectivity index (χ3n) is 3.46. The monoisotopic (exact) mass is 322 g/mol. The van der Waals surface area contributed by atoms with Crippen LogP contribution >= 0.6 is 11.3 Å². The topological polar surface area (TPSA) is 89.3 Å². The van der Waals surface area contributed by atoms with Crippen LogP contribution in [0.25, 0.3) is 0 Å². The summed E-state index contributed by atoms with van der Waals surface area (Å²) in [6, 6.07) is -0.278. The van der Waals surface area contributed by atoms with Crippen molar-refractivity contribution in [3.8, 4) is 0 Å². The van der Waals surface area contributed by atoms with Crippen molar-refractivity contribution in [3.05, 3.63) is 28.2 Å². The highest BCUT2D eigenvalue weighted by Gasteiger charge is 2.20. The first kappa shape index (κ1) is 15.0. The number of aromatic nitrogens is 2. The van der Waals surface area contributed by atoms with Crippen LogP contribution in [0.5, 0.6) is 0 Å². The number of nitrogens with one attached hydrogen (secondary N) is 2. The van der Waals surface area contributed by atoms with Gasteiger partial charge in [-0.05, 0) is 5.92 Å². The fraction of sp³-hybridized carbons (Fsp3) is 0.500. The molecule has 2 aromatic heterocycles. The van der Waals surface area contributed by atoms with E-state index in [0.29, 0.717) is 19.8 Å². The smallest absolute Gasteiger partial charge is 0.320 e. The minimum absolute atomic E-state index is 0.265. The second-order valence-electron chi connectivity index (χ2n) is 5.36. The third kappa shape index (κ3) is 3.12. The van der Waals surface area contributed by atoms with Crippen molar-refractivity contribution in [3.63, 3.8) is 0 Å². The summed E-state index contributed by atoms with van der Waals surface area (Å²) in [7, 11) is 0. The van der Waals surface area contributed by atoms with E-state index in [9.17, 15) is 4.79 Å². The van der Waals surface area contributed by atoms with Gasteiger partial charge in [-0.1, -0.05) is 19.0 Å². The van der Waals surface area contributed by atoms with E-state index in [0.717, 1.165) is 34.1 Å². The molecule has 2 N–H and O–H groups in total. The molecule has 0 fully saturated rings. The Morgan fingerprint density at radius 1 is 1.50 bits per heavy atom. The number of ether oxygens (including phenoxy) is 1. The maximum Gasteiger partial charge on any atom is 0.320 e. The van der Waals surface area contributed by atoms with E-state index < -0.39 is 0 Å². The van der Waals surface area contributed by atoms with Crippen LogP contribution in [-0.2, 0) is 24.3 Å². The summed E-state index contributed by atoms with van der Waals surface area (Å²) in [6.07, 6.45) is 0.729. The zero-order valence-corrected chi connectivity index (χ0v) is 13.3. The van der Waals surface area contributed by atoms with Gasteiger partial charge in [-0.2, -0.15) is 0 Å². The number of thiazole rings is 1. The van der Waals surface area contributed by atoms with Crippen molar-refractivity contribution in [2.45, 2.75) is 39.3 Å². The highest BCUT2D eigenvalue weighted by Crippen LogP contribution is 2.26. The molecule has 0 saturated heterocycles. The summed E-state index contributed by atoms with van der Waals surface area (Å²) in [5, 5.41) is 10.4. The first-order valence-corrected chi connectivity index (χ1v) is 8.05. The number of carbonyl (C=O) groups is 1. The van der Waals surface area contributed by atoms with Gasteiger partial charge in [0.1, 0.15) is 16.5 Å². The summed E-state index contributed by atoms with van der Waals surface area (Å²) in [5.41, 5.74) is 4.30. The quantitative estimate of drug-likeness (QED) is 0.903. The number of carbonyl (C=O) groups excluding carboxylic acids is 1. The maximum atomic E-state index is 12.0. The van der Waals surface area contributed by atoms with Crippen LogP contribution in [0.1, 0.15) is 42.5 Å². The molecule has 1 aliphatic heterocycles. The predicted molar refractivity (Wildman–Crippen MR) is 81.9 cm³/mol. The van der Waals surface area contributed by atoms with E-state index in [1.807, 2.05) is 13.8 Å². The molecule has 22 heavy (non-hydrogen) atoms. The van der Waals surface area contributed by atoms with Gasteiger partial charge in [0.15, 0.2) is 0 Å². The second-order valence-corrected chi connectivity index (χ2v) is 6.22. The van der Waals surface area contributed by atoms with E-state index in [1.165, 1.54) is 11.3 Å². The Morgan fingerprint density at radius 2 is 2.36 bits per heavy atom. The number of hydrogen-bond acceptors (Lipinski definition) is 6. The van der Waals surface area contributed by atoms with Gasteiger partial charge in [0, 0.05) is 12.0 Å². The minimum Gasteiger partial charge on any atom is -0.376 e. The first-order chi connectivity index (χ1) is 10.6. The molecule has 0 spiro atoms. The third-order valence-corrected chi connectivity index (χ3v) is 4.21. The number of rotatable bonds is 4. The first-order valence-electron chi connectivity index (χ1n) is 7.17. The molecule has 0 unspecified atom stereocenters. The number of nitrogens with zero attached hydrogens (tertiary/aromatic N) is 2. The van der Waals surface area contributed by atoms with Gasteiger partial charge in [0.2, 0.25) is 0 Å². The number of urea groups is 1. The zero-order chi connectivity index (χ0) is 15.5. The number of hydrogen-bond donors (Lipinski definition) is 2. The Balaban J connectivity index is 1.58. The van der Waals surface area contributed by atoms with Gasteiger partial charge in [-0.25, -0.2) is 9.78 Å². The molecule has 2 aromatic rings. The number of fused-ring (bicyclic) bond motifs is 1. The van der Waals surface area contributed by atoms with Crippen LogP contribution in [0.3, 0.4) is 0 Å². The standard InChI is InChI=1S/C14H18N4O3S/c1-8(2)12-13(22-7-16-12)17-14(19)15-5-10-9-6-20-4-3-11(9)21-18-10/h7-8H,3-6H2,1-2H3,(H2,15,17,19). The molecule has 1 aliphatic rings. The summed E-state index contributed by atoms with van der Waals surface area (Å²) in [5.74, 6) is 1.12. The molecule has 0 atom stereocenters. The maximum absolute atomic E-state index is 12.0. The number of anilines is 1. The van der Waals surface area contributed by atoms with E-state index >= 15 is 0 Å². The van der Waals surface area contributed by atoms with E-state index in [4.69, 9.17) is 9.26 Å². The fourth-order valence-corrected chi connectivity index (χ4v) is 3.12. The van der Waals surface area contributed by atoms with Crippen LogP contribution in [0.15, 0.2) is 10.0 Å². The summed E-state index contributed by atoms with van der Waals surface area (Å²) >= 11 is 1.42. The summed E-state index contributed by atoms with van der Waals surface area (Å²) < 4.78 is 10.7. The van der Waals surface area contributed by atoms with Gasteiger partial charge in [-0.3, -0.25) is 5.32 Å². The zero-order valence-electron chi connectivity index (χ0n) is 12.5. The van der Waals surface area contributed by atoms with Crippen molar-refractivity contribution in [1.29, 1.82) is 0 Å². The normalized spacial score (nSPS) is 14.0. The van der Waals surface area contributed by atoms with Crippen molar-refractivity contribution >= 4 is 22.4 Å². The fourth-order valence-electron chi connectivity index (χ4n) is 2.29. The molecular weight excluding hydrogens is 304 g/mol. The number of amides is 2. The van der Waals surface area contributed by atoms with Gasteiger partial charge in [0.25, 0.3) is 0 Å². The van der Waals surface area contributed by atoms with Crippen LogP contribution in [-0.4, -0.2) is 22.8 Å². The molecule has 8 heteroatoms. The molecule has 0 bridgehead atoms. The molecule has 3 heterocycles.